The first-order chi connectivity index (χ1) is 11.8. The van der Waals surface area contributed by atoms with Crippen LogP contribution in [0.2, 0.25) is 0 Å². The lowest BCUT2D eigenvalue weighted by molar-refractivity contribution is 0.0624. The summed E-state index contributed by atoms with van der Waals surface area (Å²) in [5, 5.41) is 0. The quantitative estimate of drug-likeness (QED) is 0.847. The number of carbonyl (C=O) groups is 1. The van der Waals surface area contributed by atoms with Crippen molar-refractivity contribution in [2.45, 2.75) is 13.5 Å². The summed E-state index contributed by atoms with van der Waals surface area (Å²) in [6.45, 7) is 6.58. The summed E-state index contributed by atoms with van der Waals surface area (Å²) in [5.74, 6) is 0.725. The number of benzene rings is 1. The van der Waals surface area contributed by atoms with Crippen LogP contribution in [0.1, 0.15) is 22.8 Å². The summed E-state index contributed by atoms with van der Waals surface area (Å²) >= 11 is 0. The largest absolute Gasteiger partial charge is 0.493 e. The van der Waals surface area contributed by atoms with Crippen molar-refractivity contribution >= 4 is 5.91 Å². The van der Waals surface area contributed by atoms with Gasteiger partial charge in [-0.25, -0.2) is 0 Å². The van der Waals surface area contributed by atoms with Crippen molar-refractivity contribution in [3.05, 3.63) is 59.9 Å². The zero-order valence-electron chi connectivity index (χ0n) is 14.0. The van der Waals surface area contributed by atoms with Gasteiger partial charge in [-0.2, -0.15) is 0 Å². The molecule has 0 saturated carbocycles. The fourth-order valence-electron chi connectivity index (χ4n) is 2.95. The average Bonchev–Trinajstić information content (AvgIpc) is 2.63. The van der Waals surface area contributed by atoms with E-state index in [0.717, 1.165) is 32.7 Å². The van der Waals surface area contributed by atoms with Crippen molar-refractivity contribution in [3.8, 4) is 5.75 Å². The summed E-state index contributed by atoms with van der Waals surface area (Å²) < 4.78 is 5.58. The molecule has 0 atom stereocenters. The van der Waals surface area contributed by atoms with Crippen LogP contribution in [-0.2, 0) is 6.54 Å². The summed E-state index contributed by atoms with van der Waals surface area (Å²) in [7, 11) is 0. The fourth-order valence-corrected chi connectivity index (χ4v) is 2.95. The van der Waals surface area contributed by atoms with Crippen LogP contribution >= 0.6 is 0 Å². The molecule has 2 heterocycles. The fraction of sp³-hybridized carbons (Fsp3) is 0.368. The minimum absolute atomic E-state index is 0.0556. The highest BCUT2D eigenvalue weighted by Gasteiger charge is 2.24. The average molecular weight is 325 g/mol. The Morgan fingerprint density at radius 1 is 1.12 bits per heavy atom. The van der Waals surface area contributed by atoms with E-state index in [9.17, 15) is 4.79 Å². The van der Waals surface area contributed by atoms with Crippen molar-refractivity contribution < 1.29 is 9.53 Å². The Morgan fingerprint density at radius 3 is 2.62 bits per heavy atom. The van der Waals surface area contributed by atoms with Gasteiger partial charge in [0.1, 0.15) is 5.75 Å². The van der Waals surface area contributed by atoms with Crippen LogP contribution in [0.4, 0.5) is 0 Å². The van der Waals surface area contributed by atoms with Gasteiger partial charge >= 0.3 is 0 Å². The van der Waals surface area contributed by atoms with Crippen LogP contribution < -0.4 is 4.74 Å². The highest BCUT2D eigenvalue weighted by Crippen LogP contribution is 2.21. The number of aromatic nitrogens is 1. The molecule has 3 rings (SSSR count). The van der Waals surface area contributed by atoms with Gasteiger partial charge in [-0.1, -0.05) is 18.2 Å². The molecular formula is C19H23N3O2. The van der Waals surface area contributed by atoms with Crippen LogP contribution in [0.25, 0.3) is 0 Å². The van der Waals surface area contributed by atoms with Gasteiger partial charge in [-0.05, 0) is 30.7 Å². The zero-order chi connectivity index (χ0) is 16.8. The Morgan fingerprint density at radius 2 is 1.92 bits per heavy atom. The Hall–Kier alpha value is -2.40. The van der Waals surface area contributed by atoms with Gasteiger partial charge in [0, 0.05) is 45.1 Å². The van der Waals surface area contributed by atoms with Crippen molar-refractivity contribution in [3.63, 3.8) is 0 Å². The first kappa shape index (κ1) is 16.5. The Kier molecular flexibility index (Phi) is 5.43. The third-order valence-electron chi connectivity index (χ3n) is 4.21. The minimum Gasteiger partial charge on any atom is -0.493 e. The summed E-state index contributed by atoms with van der Waals surface area (Å²) in [5.41, 5.74) is 1.86. The van der Waals surface area contributed by atoms with Crippen molar-refractivity contribution in [2.24, 2.45) is 0 Å². The van der Waals surface area contributed by atoms with Crippen LogP contribution in [0, 0.1) is 0 Å². The molecule has 1 saturated heterocycles. The summed E-state index contributed by atoms with van der Waals surface area (Å²) in [6, 6.07) is 11.5. The second-order valence-corrected chi connectivity index (χ2v) is 5.86. The van der Waals surface area contributed by atoms with E-state index in [1.807, 2.05) is 48.4 Å². The molecule has 5 nitrogen and oxygen atoms in total. The smallest absolute Gasteiger partial charge is 0.257 e. The summed E-state index contributed by atoms with van der Waals surface area (Å²) in [6.07, 6.45) is 3.69. The number of hydrogen-bond acceptors (Lipinski definition) is 4. The van der Waals surface area contributed by atoms with E-state index in [1.165, 1.54) is 5.56 Å². The topological polar surface area (TPSA) is 45.7 Å². The van der Waals surface area contributed by atoms with Crippen LogP contribution in [-0.4, -0.2) is 53.5 Å². The number of para-hydroxylation sites is 1. The predicted molar refractivity (Wildman–Crippen MR) is 93.0 cm³/mol. The molecule has 1 aromatic carbocycles. The number of carbonyl (C=O) groups excluding carboxylic acids is 1. The maximum absolute atomic E-state index is 12.8. The van der Waals surface area contributed by atoms with E-state index in [-0.39, 0.29) is 5.91 Å². The van der Waals surface area contributed by atoms with Crippen LogP contribution in [0.5, 0.6) is 5.75 Å². The normalized spacial score (nSPS) is 15.3. The lowest BCUT2D eigenvalue weighted by Gasteiger charge is -2.35. The maximum atomic E-state index is 12.8. The van der Waals surface area contributed by atoms with Crippen LogP contribution in [0.15, 0.2) is 48.8 Å². The van der Waals surface area contributed by atoms with Gasteiger partial charge in [0.2, 0.25) is 0 Å². The number of rotatable bonds is 5. The van der Waals surface area contributed by atoms with E-state index in [1.54, 1.807) is 6.20 Å². The van der Waals surface area contributed by atoms with Gasteiger partial charge in [-0.15, -0.1) is 0 Å². The molecule has 0 spiro atoms. The van der Waals surface area contributed by atoms with E-state index >= 15 is 0 Å². The molecule has 2 aromatic rings. The highest BCUT2D eigenvalue weighted by molar-refractivity contribution is 5.97. The Bertz CT molecular complexity index is 667. The third-order valence-corrected chi connectivity index (χ3v) is 4.21. The molecule has 1 fully saturated rings. The van der Waals surface area contributed by atoms with Gasteiger partial charge in [0.25, 0.3) is 5.91 Å². The molecule has 5 heteroatoms. The van der Waals surface area contributed by atoms with Crippen molar-refractivity contribution in [1.29, 1.82) is 0 Å². The molecule has 0 unspecified atom stereocenters. The molecule has 1 aromatic heterocycles. The molecule has 1 aliphatic rings. The van der Waals surface area contributed by atoms with E-state index in [2.05, 4.69) is 16.0 Å². The first-order valence-corrected chi connectivity index (χ1v) is 8.40. The van der Waals surface area contributed by atoms with Gasteiger partial charge in [0.05, 0.1) is 12.2 Å². The summed E-state index contributed by atoms with van der Waals surface area (Å²) in [4.78, 5) is 21.2. The number of pyridine rings is 1. The molecule has 0 N–H and O–H groups in total. The number of piperazine rings is 1. The monoisotopic (exact) mass is 325 g/mol. The van der Waals surface area contributed by atoms with Crippen molar-refractivity contribution in [2.75, 3.05) is 32.8 Å². The minimum atomic E-state index is 0.0556. The molecule has 126 valence electrons. The number of hydrogen-bond donors (Lipinski definition) is 0. The second-order valence-electron chi connectivity index (χ2n) is 5.86. The van der Waals surface area contributed by atoms with Gasteiger partial charge < -0.3 is 9.64 Å². The number of ether oxygens (including phenoxy) is 1. The molecule has 0 aliphatic carbocycles. The molecule has 0 radical (unpaired) electrons. The molecule has 1 amide bonds. The Balaban J connectivity index is 1.59. The number of nitrogens with zero attached hydrogens (tertiary/aromatic N) is 3. The molecule has 0 bridgehead atoms. The van der Waals surface area contributed by atoms with E-state index in [0.29, 0.717) is 17.9 Å². The highest BCUT2D eigenvalue weighted by atomic mass is 16.5. The molecule has 1 aliphatic heterocycles. The Labute approximate surface area is 142 Å². The standard InChI is InChI=1S/C19H23N3O2/c1-2-24-18-8-4-3-7-17(18)19(23)22-12-10-21(11-13-22)15-16-6-5-9-20-14-16/h3-9,14H,2,10-13,15H2,1H3. The van der Waals surface area contributed by atoms with Crippen LogP contribution in [0.3, 0.4) is 0 Å². The molecular weight excluding hydrogens is 302 g/mol. The lowest BCUT2D eigenvalue weighted by Crippen LogP contribution is -2.48. The second kappa shape index (κ2) is 7.93. The SMILES string of the molecule is CCOc1ccccc1C(=O)N1CCN(Cc2cccnc2)CC1. The lowest BCUT2D eigenvalue weighted by atomic mass is 10.1. The van der Waals surface area contributed by atoms with E-state index in [4.69, 9.17) is 4.74 Å². The first-order valence-electron chi connectivity index (χ1n) is 8.40. The van der Waals surface area contributed by atoms with E-state index < -0.39 is 0 Å². The predicted octanol–water partition coefficient (Wildman–Crippen LogP) is 2.44. The van der Waals surface area contributed by atoms with Gasteiger partial charge in [-0.3, -0.25) is 14.7 Å². The third kappa shape index (κ3) is 3.92. The van der Waals surface area contributed by atoms with Gasteiger partial charge in [0.15, 0.2) is 0 Å². The maximum Gasteiger partial charge on any atom is 0.257 e. The van der Waals surface area contributed by atoms with Crippen molar-refractivity contribution in [1.82, 2.24) is 14.8 Å². The number of amides is 1. The molecule has 24 heavy (non-hydrogen) atoms. The zero-order valence-corrected chi connectivity index (χ0v) is 14.0.